The summed E-state index contributed by atoms with van der Waals surface area (Å²) in [5.41, 5.74) is 9.00. The summed E-state index contributed by atoms with van der Waals surface area (Å²) in [5, 5.41) is 6.29. The first kappa shape index (κ1) is 36.9. The number of rotatable bonds is 6. The van der Waals surface area contributed by atoms with E-state index < -0.39 is 11.6 Å². The van der Waals surface area contributed by atoms with Gasteiger partial charge in [-0.2, -0.15) is 0 Å². The summed E-state index contributed by atoms with van der Waals surface area (Å²) < 4.78 is 40.7. The number of para-hydroxylation sites is 4. The monoisotopic (exact) mass is 840 g/mol. The van der Waals surface area contributed by atoms with Gasteiger partial charge in [0, 0.05) is 60.4 Å². The molecule has 0 amide bonds. The lowest BCUT2D eigenvalue weighted by atomic mass is 10.1. The number of halogens is 2. The van der Waals surface area contributed by atoms with E-state index in [2.05, 4.69) is 118 Å². The maximum Gasteiger partial charge on any atom is 0.164 e. The summed E-state index contributed by atoms with van der Waals surface area (Å²) >= 11 is 0. The fraction of sp³-hybridized carbons (Fsp3) is 0. The molecule has 0 aliphatic rings. The van der Waals surface area contributed by atoms with Gasteiger partial charge < -0.3 is 13.7 Å². The van der Waals surface area contributed by atoms with Gasteiger partial charge in [0.25, 0.3) is 0 Å². The summed E-state index contributed by atoms with van der Waals surface area (Å²) in [6.45, 7) is 0. The summed E-state index contributed by atoms with van der Waals surface area (Å²) in [5.74, 6) is -0.532. The third-order valence-corrected chi connectivity index (χ3v) is 12.6. The standard InChI is InChI=1S/C57H34F2N6/c58-46-31-37(57-61-55(35-15-3-1-4-16-35)60-56(62-57)36-17-5-2-6-18-36)32-47(59)54(46)65-52-29-27-38(63-48-23-11-7-19-40(48)41-20-8-12-24-49(41)63)33-44(52)45-34-39(28-30-53(45)65)64-50-25-13-9-21-42(50)43-22-10-14-26-51(43)64/h1-34H. The zero-order chi connectivity index (χ0) is 43.2. The Labute approximate surface area is 370 Å². The van der Waals surface area contributed by atoms with E-state index >= 15 is 8.78 Å². The average molecular weight is 841 g/mol. The van der Waals surface area contributed by atoms with E-state index in [0.29, 0.717) is 22.7 Å². The largest absolute Gasteiger partial charge is 0.309 e. The van der Waals surface area contributed by atoms with E-state index in [9.17, 15) is 0 Å². The van der Waals surface area contributed by atoms with E-state index in [1.165, 1.54) is 12.1 Å². The minimum Gasteiger partial charge on any atom is -0.309 e. The second-order valence-electron chi connectivity index (χ2n) is 16.3. The quantitative estimate of drug-likeness (QED) is 0.168. The second-order valence-corrected chi connectivity index (χ2v) is 16.3. The van der Waals surface area contributed by atoms with Crippen LogP contribution in [0.25, 0.3) is 117 Å². The molecule has 65 heavy (non-hydrogen) atoms. The molecule has 4 aromatic heterocycles. The molecule has 0 fully saturated rings. The molecule has 0 atom stereocenters. The average Bonchev–Trinajstić information content (AvgIpc) is 3.99. The van der Waals surface area contributed by atoms with Crippen LogP contribution in [0.15, 0.2) is 206 Å². The zero-order valence-electron chi connectivity index (χ0n) is 34.6. The lowest BCUT2D eigenvalue weighted by molar-refractivity contribution is 0.573. The summed E-state index contributed by atoms with van der Waals surface area (Å²) in [6.07, 6.45) is 0. The van der Waals surface area contributed by atoms with Crippen molar-refractivity contribution in [3.05, 3.63) is 218 Å². The third kappa shape index (κ3) is 5.74. The summed E-state index contributed by atoms with van der Waals surface area (Å²) in [7, 11) is 0. The van der Waals surface area contributed by atoms with Gasteiger partial charge in [-0.25, -0.2) is 23.7 Å². The third-order valence-electron chi connectivity index (χ3n) is 12.6. The van der Waals surface area contributed by atoms with Crippen LogP contribution in [-0.2, 0) is 0 Å². The smallest absolute Gasteiger partial charge is 0.164 e. The van der Waals surface area contributed by atoms with Gasteiger partial charge in [-0.3, -0.25) is 0 Å². The van der Waals surface area contributed by atoms with E-state index in [1.807, 2.05) is 84.9 Å². The highest BCUT2D eigenvalue weighted by molar-refractivity contribution is 6.14. The molecule has 0 spiro atoms. The molecular weight excluding hydrogens is 807 g/mol. The van der Waals surface area contributed by atoms with Gasteiger partial charge in [0.2, 0.25) is 0 Å². The predicted molar refractivity (Wildman–Crippen MR) is 259 cm³/mol. The molecule has 0 bridgehead atoms. The van der Waals surface area contributed by atoms with Crippen molar-refractivity contribution < 1.29 is 8.78 Å². The predicted octanol–water partition coefficient (Wildman–Crippen LogP) is 14.4. The van der Waals surface area contributed by atoms with Crippen molar-refractivity contribution in [2.24, 2.45) is 0 Å². The van der Waals surface area contributed by atoms with E-state index in [4.69, 9.17) is 15.0 Å². The fourth-order valence-electron chi connectivity index (χ4n) is 9.77. The van der Waals surface area contributed by atoms with Crippen molar-refractivity contribution >= 4 is 65.4 Å². The highest BCUT2D eigenvalue weighted by Crippen LogP contribution is 2.41. The number of hydrogen-bond donors (Lipinski definition) is 0. The molecule has 9 aromatic carbocycles. The van der Waals surface area contributed by atoms with Crippen LogP contribution < -0.4 is 0 Å². The molecule has 0 N–H and O–H groups in total. The van der Waals surface area contributed by atoms with Gasteiger partial charge in [-0.1, -0.05) is 133 Å². The topological polar surface area (TPSA) is 53.5 Å². The fourth-order valence-corrected chi connectivity index (χ4v) is 9.77. The lowest BCUT2D eigenvalue weighted by Gasteiger charge is -2.14. The molecule has 4 heterocycles. The van der Waals surface area contributed by atoms with Crippen LogP contribution in [-0.4, -0.2) is 28.7 Å². The second kappa shape index (κ2) is 14.4. The van der Waals surface area contributed by atoms with E-state index in [1.54, 1.807) is 4.57 Å². The van der Waals surface area contributed by atoms with Gasteiger partial charge >= 0.3 is 0 Å². The Morgan fingerprint density at radius 3 is 0.985 bits per heavy atom. The normalized spacial score (nSPS) is 11.8. The van der Waals surface area contributed by atoms with Crippen LogP contribution in [0, 0.1) is 11.6 Å². The number of nitrogens with zero attached hydrogens (tertiary/aromatic N) is 6. The van der Waals surface area contributed by atoms with E-state index in [-0.39, 0.29) is 17.1 Å². The number of fused-ring (bicyclic) bond motifs is 9. The first-order valence-electron chi connectivity index (χ1n) is 21.5. The molecule has 0 unspecified atom stereocenters. The van der Waals surface area contributed by atoms with Crippen molar-refractivity contribution in [2.75, 3.05) is 0 Å². The van der Waals surface area contributed by atoms with Crippen molar-refractivity contribution in [1.29, 1.82) is 0 Å². The van der Waals surface area contributed by atoms with E-state index in [0.717, 1.165) is 76.9 Å². The molecule has 6 nitrogen and oxygen atoms in total. The Morgan fingerprint density at radius 2 is 0.600 bits per heavy atom. The van der Waals surface area contributed by atoms with Crippen LogP contribution >= 0.6 is 0 Å². The molecule has 0 radical (unpaired) electrons. The summed E-state index contributed by atoms with van der Waals surface area (Å²) in [4.78, 5) is 14.3. The molecular formula is C57H34F2N6. The highest BCUT2D eigenvalue weighted by atomic mass is 19.1. The van der Waals surface area contributed by atoms with Gasteiger partial charge in [-0.05, 0) is 72.8 Å². The van der Waals surface area contributed by atoms with Crippen molar-refractivity contribution in [1.82, 2.24) is 28.7 Å². The Balaban J connectivity index is 1.05. The Morgan fingerprint density at radius 1 is 0.277 bits per heavy atom. The minimum atomic E-state index is -0.750. The molecule has 306 valence electrons. The Bertz CT molecular complexity index is 3680. The first-order chi connectivity index (χ1) is 32.1. The van der Waals surface area contributed by atoms with Crippen LogP contribution in [0.3, 0.4) is 0 Å². The van der Waals surface area contributed by atoms with Gasteiger partial charge in [-0.15, -0.1) is 0 Å². The van der Waals surface area contributed by atoms with Crippen LogP contribution in [0.5, 0.6) is 0 Å². The van der Waals surface area contributed by atoms with Crippen molar-refractivity contribution in [3.63, 3.8) is 0 Å². The molecule has 13 rings (SSSR count). The molecule has 0 saturated carbocycles. The molecule has 0 aliphatic carbocycles. The van der Waals surface area contributed by atoms with Gasteiger partial charge in [0.15, 0.2) is 29.1 Å². The maximum atomic E-state index is 17.2. The van der Waals surface area contributed by atoms with Crippen molar-refractivity contribution in [3.8, 4) is 51.2 Å². The molecule has 0 aliphatic heterocycles. The molecule has 8 heteroatoms. The summed E-state index contributed by atoms with van der Waals surface area (Å²) in [6, 6.07) is 67.6. The maximum absolute atomic E-state index is 17.2. The number of aromatic nitrogens is 6. The zero-order valence-corrected chi connectivity index (χ0v) is 34.6. The van der Waals surface area contributed by atoms with Crippen molar-refractivity contribution in [2.45, 2.75) is 0 Å². The van der Waals surface area contributed by atoms with Crippen LogP contribution in [0.4, 0.5) is 8.78 Å². The number of hydrogen-bond acceptors (Lipinski definition) is 3. The van der Waals surface area contributed by atoms with Gasteiger partial charge in [0.1, 0.15) is 5.69 Å². The van der Waals surface area contributed by atoms with Crippen LogP contribution in [0.2, 0.25) is 0 Å². The Hall–Kier alpha value is -8.75. The highest BCUT2D eigenvalue weighted by Gasteiger charge is 2.24. The first-order valence-corrected chi connectivity index (χ1v) is 21.5. The van der Waals surface area contributed by atoms with Crippen LogP contribution in [0.1, 0.15) is 0 Å². The van der Waals surface area contributed by atoms with Gasteiger partial charge in [0.05, 0.1) is 33.1 Å². The molecule has 0 saturated heterocycles. The minimum absolute atomic E-state index is 0.163. The number of benzene rings is 9. The Kier molecular flexibility index (Phi) is 8.17. The lowest BCUT2D eigenvalue weighted by Crippen LogP contribution is -2.05. The SMILES string of the molecule is Fc1cc(-c2nc(-c3ccccc3)nc(-c3ccccc3)n2)cc(F)c1-n1c2ccc(-n3c4ccccc4c4ccccc43)cc2c2cc(-n3c4ccccc4c4ccccc43)ccc21. The molecule has 13 aromatic rings.